The summed E-state index contributed by atoms with van der Waals surface area (Å²) < 4.78 is 0. The van der Waals surface area contributed by atoms with E-state index in [1.54, 1.807) is 0 Å². The Kier molecular flexibility index (Phi) is 5.32. The SMILES string of the molecule is C/C=C\CC(CC)C(C)O. The number of rotatable bonds is 4. The molecule has 1 nitrogen and oxygen atoms in total. The van der Waals surface area contributed by atoms with Gasteiger partial charge < -0.3 is 5.11 Å². The Balaban J connectivity index is 3.60. The van der Waals surface area contributed by atoms with Crippen molar-refractivity contribution in [3.05, 3.63) is 12.2 Å². The van der Waals surface area contributed by atoms with Gasteiger partial charge in [-0.25, -0.2) is 0 Å². The molecule has 0 saturated carbocycles. The smallest absolute Gasteiger partial charge is 0.0543 e. The minimum atomic E-state index is -0.166. The fraction of sp³-hybridized carbons (Fsp3) is 0.778. The molecule has 0 radical (unpaired) electrons. The molecule has 1 heteroatoms. The summed E-state index contributed by atoms with van der Waals surface area (Å²) >= 11 is 0. The van der Waals surface area contributed by atoms with Crippen molar-refractivity contribution in [3.63, 3.8) is 0 Å². The van der Waals surface area contributed by atoms with Gasteiger partial charge in [0.1, 0.15) is 0 Å². The first-order chi connectivity index (χ1) is 4.72. The summed E-state index contributed by atoms with van der Waals surface area (Å²) in [4.78, 5) is 0. The van der Waals surface area contributed by atoms with Crippen LogP contribution >= 0.6 is 0 Å². The molecule has 0 aliphatic carbocycles. The van der Waals surface area contributed by atoms with Gasteiger partial charge in [-0.15, -0.1) is 0 Å². The lowest BCUT2D eigenvalue weighted by atomic mass is 9.97. The third kappa shape index (κ3) is 3.67. The Bertz CT molecular complexity index is 94.9. The van der Waals surface area contributed by atoms with E-state index < -0.39 is 0 Å². The first kappa shape index (κ1) is 9.70. The van der Waals surface area contributed by atoms with E-state index in [9.17, 15) is 5.11 Å². The van der Waals surface area contributed by atoms with Crippen LogP contribution in [0.4, 0.5) is 0 Å². The lowest BCUT2D eigenvalue weighted by Crippen LogP contribution is -2.14. The summed E-state index contributed by atoms with van der Waals surface area (Å²) in [6.07, 6.45) is 6.04. The summed E-state index contributed by atoms with van der Waals surface area (Å²) in [5, 5.41) is 9.20. The van der Waals surface area contributed by atoms with Crippen molar-refractivity contribution in [3.8, 4) is 0 Å². The fourth-order valence-electron chi connectivity index (χ4n) is 1.02. The predicted octanol–water partition coefficient (Wildman–Crippen LogP) is 2.36. The Morgan fingerprint density at radius 1 is 1.50 bits per heavy atom. The van der Waals surface area contributed by atoms with Crippen molar-refractivity contribution < 1.29 is 5.11 Å². The van der Waals surface area contributed by atoms with Crippen molar-refractivity contribution in [2.24, 2.45) is 5.92 Å². The first-order valence-electron chi connectivity index (χ1n) is 4.01. The van der Waals surface area contributed by atoms with Gasteiger partial charge in [0.05, 0.1) is 6.10 Å². The number of aliphatic hydroxyl groups excluding tert-OH is 1. The van der Waals surface area contributed by atoms with Gasteiger partial charge in [-0.2, -0.15) is 0 Å². The van der Waals surface area contributed by atoms with Gasteiger partial charge in [0.15, 0.2) is 0 Å². The molecule has 0 aliphatic rings. The van der Waals surface area contributed by atoms with Gasteiger partial charge >= 0.3 is 0 Å². The molecule has 2 unspecified atom stereocenters. The highest BCUT2D eigenvalue weighted by atomic mass is 16.3. The average Bonchev–Trinajstić information content (AvgIpc) is 1.89. The van der Waals surface area contributed by atoms with E-state index in [2.05, 4.69) is 13.0 Å². The Hall–Kier alpha value is -0.300. The van der Waals surface area contributed by atoms with Crippen LogP contribution in [0, 0.1) is 5.92 Å². The summed E-state index contributed by atoms with van der Waals surface area (Å²) in [7, 11) is 0. The molecular weight excluding hydrogens is 124 g/mol. The highest BCUT2D eigenvalue weighted by Crippen LogP contribution is 2.13. The molecule has 0 aromatic carbocycles. The highest BCUT2D eigenvalue weighted by Gasteiger charge is 2.09. The van der Waals surface area contributed by atoms with Crippen molar-refractivity contribution >= 4 is 0 Å². The molecule has 0 rings (SSSR count). The summed E-state index contributed by atoms with van der Waals surface area (Å²) in [5.74, 6) is 0.441. The molecule has 0 fully saturated rings. The van der Waals surface area contributed by atoms with Gasteiger partial charge in [0, 0.05) is 0 Å². The predicted molar refractivity (Wildman–Crippen MR) is 44.9 cm³/mol. The van der Waals surface area contributed by atoms with Crippen molar-refractivity contribution in [1.82, 2.24) is 0 Å². The van der Waals surface area contributed by atoms with Crippen molar-refractivity contribution in [2.75, 3.05) is 0 Å². The van der Waals surface area contributed by atoms with E-state index in [0.717, 1.165) is 12.8 Å². The van der Waals surface area contributed by atoms with Crippen LogP contribution in [0.3, 0.4) is 0 Å². The Morgan fingerprint density at radius 3 is 2.40 bits per heavy atom. The van der Waals surface area contributed by atoms with Crippen molar-refractivity contribution in [1.29, 1.82) is 0 Å². The molecule has 1 N–H and O–H groups in total. The highest BCUT2D eigenvalue weighted by molar-refractivity contribution is 4.81. The third-order valence-electron chi connectivity index (χ3n) is 1.88. The average molecular weight is 142 g/mol. The summed E-state index contributed by atoms with van der Waals surface area (Å²) in [6.45, 7) is 5.98. The minimum absolute atomic E-state index is 0.166. The van der Waals surface area contributed by atoms with E-state index in [1.807, 2.05) is 19.9 Å². The third-order valence-corrected chi connectivity index (χ3v) is 1.88. The van der Waals surface area contributed by atoms with Gasteiger partial charge in [0.25, 0.3) is 0 Å². The van der Waals surface area contributed by atoms with Crippen LogP contribution in [0.25, 0.3) is 0 Å². The summed E-state index contributed by atoms with van der Waals surface area (Å²) in [5.41, 5.74) is 0. The van der Waals surface area contributed by atoms with Gasteiger partial charge in [-0.1, -0.05) is 25.5 Å². The lowest BCUT2D eigenvalue weighted by Gasteiger charge is -2.14. The number of hydrogen-bond donors (Lipinski definition) is 1. The minimum Gasteiger partial charge on any atom is -0.393 e. The first-order valence-corrected chi connectivity index (χ1v) is 4.01. The van der Waals surface area contributed by atoms with Gasteiger partial charge in [-0.3, -0.25) is 0 Å². The molecular formula is C9H18O. The van der Waals surface area contributed by atoms with Gasteiger partial charge in [-0.05, 0) is 26.2 Å². The maximum Gasteiger partial charge on any atom is 0.0543 e. The van der Waals surface area contributed by atoms with E-state index >= 15 is 0 Å². The largest absolute Gasteiger partial charge is 0.393 e. The van der Waals surface area contributed by atoms with E-state index in [4.69, 9.17) is 0 Å². The molecule has 60 valence electrons. The zero-order chi connectivity index (χ0) is 7.98. The number of aliphatic hydroxyl groups is 1. The lowest BCUT2D eigenvalue weighted by molar-refractivity contribution is 0.124. The monoisotopic (exact) mass is 142 g/mol. The van der Waals surface area contributed by atoms with Crippen LogP contribution in [0.1, 0.15) is 33.6 Å². The molecule has 0 saturated heterocycles. The topological polar surface area (TPSA) is 20.2 Å². The second-order valence-corrected chi connectivity index (χ2v) is 2.71. The second-order valence-electron chi connectivity index (χ2n) is 2.71. The molecule has 0 aromatic rings. The second kappa shape index (κ2) is 5.48. The van der Waals surface area contributed by atoms with E-state index in [0.29, 0.717) is 5.92 Å². The van der Waals surface area contributed by atoms with E-state index in [1.165, 1.54) is 0 Å². The molecule has 2 atom stereocenters. The quantitative estimate of drug-likeness (QED) is 0.597. The van der Waals surface area contributed by atoms with Crippen LogP contribution in [-0.4, -0.2) is 11.2 Å². The molecule has 0 aromatic heterocycles. The van der Waals surface area contributed by atoms with Gasteiger partial charge in [0.2, 0.25) is 0 Å². The Morgan fingerprint density at radius 2 is 2.10 bits per heavy atom. The molecule has 10 heavy (non-hydrogen) atoms. The molecule has 0 bridgehead atoms. The number of allylic oxidation sites excluding steroid dienone is 2. The van der Waals surface area contributed by atoms with Crippen LogP contribution in [0.15, 0.2) is 12.2 Å². The maximum absolute atomic E-state index is 9.20. The van der Waals surface area contributed by atoms with Crippen LogP contribution in [0.2, 0.25) is 0 Å². The molecule has 0 amide bonds. The standard InChI is InChI=1S/C9H18O/c1-4-6-7-9(5-2)8(3)10/h4,6,8-10H,5,7H2,1-3H3/b6-4-. The Labute approximate surface area is 63.8 Å². The zero-order valence-corrected chi connectivity index (χ0v) is 7.17. The van der Waals surface area contributed by atoms with E-state index in [-0.39, 0.29) is 6.10 Å². The van der Waals surface area contributed by atoms with Crippen molar-refractivity contribution in [2.45, 2.75) is 39.7 Å². The zero-order valence-electron chi connectivity index (χ0n) is 7.17. The molecule has 0 spiro atoms. The van der Waals surface area contributed by atoms with Crippen LogP contribution in [0.5, 0.6) is 0 Å². The normalized spacial score (nSPS) is 17.6. The van der Waals surface area contributed by atoms with Crippen LogP contribution in [-0.2, 0) is 0 Å². The summed E-state index contributed by atoms with van der Waals surface area (Å²) in [6, 6.07) is 0. The molecule has 0 heterocycles. The molecule has 0 aliphatic heterocycles. The fourth-order valence-corrected chi connectivity index (χ4v) is 1.02. The number of hydrogen-bond acceptors (Lipinski definition) is 1. The van der Waals surface area contributed by atoms with Crippen LogP contribution < -0.4 is 0 Å². The maximum atomic E-state index is 9.20.